The van der Waals surface area contributed by atoms with Gasteiger partial charge in [0.05, 0.1) is 0 Å². The van der Waals surface area contributed by atoms with Crippen LogP contribution >= 0.6 is 0 Å². The van der Waals surface area contributed by atoms with E-state index < -0.39 is 0 Å². The zero-order chi connectivity index (χ0) is 11.4. The number of nitrogens with one attached hydrogen (secondary N) is 1. The zero-order valence-electron chi connectivity index (χ0n) is 9.28. The molecule has 0 spiro atoms. The first-order valence-corrected chi connectivity index (χ1v) is 5.77. The van der Waals surface area contributed by atoms with Crippen LogP contribution in [0.4, 0.5) is 0 Å². The van der Waals surface area contributed by atoms with E-state index in [1.165, 1.54) is 0 Å². The fourth-order valence-corrected chi connectivity index (χ4v) is 2.16. The Labute approximate surface area is 95.5 Å². The standard InChI is InChI=1S/C13H17NO2/c15-12-3-1-2-10(9-12)8-11-4-6-14-7-5-13(11)16/h1-3,9,11,14-15H,4-8H2. The Morgan fingerprint density at radius 1 is 1.38 bits per heavy atom. The van der Waals surface area contributed by atoms with E-state index in [0.717, 1.165) is 31.5 Å². The van der Waals surface area contributed by atoms with Crippen LogP contribution in [-0.4, -0.2) is 24.0 Å². The summed E-state index contributed by atoms with van der Waals surface area (Å²) in [6, 6.07) is 7.18. The molecule has 2 rings (SSSR count). The molecule has 2 N–H and O–H groups in total. The number of carbonyl (C=O) groups excluding carboxylic acids is 1. The normalized spacial score (nSPS) is 21.8. The molecule has 0 amide bonds. The maximum absolute atomic E-state index is 11.8. The lowest BCUT2D eigenvalue weighted by molar-refractivity contribution is -0.122. The van der Waals surface area contributed by atoms with Crippen molar-refractivity contribution in [1.82, 2.24) is 5.32 Å². The molecule has 1 saturated heterocycles. The highest BCUT2D eigenvalue weighted by Gasteiger charge is 2.20. The molecule has 1 heterocycles. The van der Waals surface area contributed by atoms with Gasteiger partial charge in [-0.05, 0) is 37.1 Å². The van der Waals surface area contributed by atoms with Crippen molar-refractivity contribution < 1.29 is 9.90 Å². The Hall–Kier alpha value is -1.35. The molecule has 0 saturated carbocycles. The summed E-state index contributed by atoms with van der Waals surface area (Å²) in [5.74, 6) is 0.724. The molecule has 1 atom stereocenters. The van der Waals surface area contributed by atoms with Gasteiger partial charge in [0.15, 0.2) is 0 Å². The zero-order valence-corrected chi connectivity index (χ0v) is 9.28. The van der Waals surface area contributed by atoms with Gasteiger partial charge in [-0.3, -0.25) is 4.79 Å². The molecule has 3 heteroatoms. The van der Waals surface area contributed by atoms with E-state index in [-0.39, 0.29) is 11.7 Å². The van der Waals surface area contributed by atoms with Crippen LogP contribution in [-0.2, 0) is 11.2 Å². The highest BCUT2D eigenvalue weighted by Crippen LogP contribution is 2.19. The minimum atomic E-state index is 0.108. The number of Topliss-reactive ketones (excluding diaryl/α,β-unsaturated/α-hetero) is 1. The SMILES string of the molecule is O=C1CCNCCC1Cc1cccc(O)c1. The van der Waals surface area contributed by atoms with Gasteiger partial charge in [0, 0.05) is 18.9 Å². The van der Waals surface area contributed by atoms with Gasteiger partial charge in [0.25, 0.3) is 0 Å². The average molecular weight is 219 g/mol. The summed E-state index contributed by atoms with van der Waals surface area (Å²) in [5.41, 5.74) is 1.04. The van der Waals surface area contributed by atoms with Crippen LogP contribution in [0, 0.1) is 5.92 Å². The third-order valence-corrected chi connectivity index (χ3v) is 3.07. The highest BCUT2D eigenvalue weighted by molar-refractivity contribution is 5.81. The molecule has 0 aromatic heterocycles. The maximum Gasteiger partial charge on any atom is 0.137 e. The smallest absolute Gasteiger partial charge is 0.137 e. The van der Waals surface area contributed by atoms with Crippen molar-refractivity contribution in [2.24, 2.45) is 5.92 Å². The molecule has 1 aliphatic heterocycles. The Balaban J connectivity index is 2.05. The van der Waals surface area contributed by atoms with Gasteiger partial charge < -0.3 is 10.4 Å². The molecule has 16 heavy (non-hydrogen) atoms. The summed E-state index contributed by atoms with van der Waals surface area (Å²) in [5, 5.41) is 12.6. The van der Waals surface area contributed by atoms with Crippen LogP contribution in [0.1, 0.15) is 18.4 Å². The van der Waals surface area contributed by atoms with Crippen LogP contribution in [0.3, 0.4) is 0 Å². The predicted molar refractivity (Wildman–Crippen MR) is 62.4 cm³/mol. The summed E-state index contributed by atoms with van der Waals surface area (Å²) in [4.78, 5) is 11.8. The van der Waals surface area contributed by atoms with Crippen LogP contribution in [0.15, 0.2) is 24.3 Å². The number of rotatable bonds is 2. The maximum atomic E-state index is 11.8. The first-order valence-electron chi connectivity index (χ1n) is 5.77. The summed E-state index contributed by atoms with van der Waals surface area (Å²) in [6.45, 7) is 1.71. The minimum absolute atomic E-state index is 0.108. The van der Waals surface area contributed by atoms with Crippen molar-refractivity contribution in [3.8, 4) is 5.75 Å². The Morgan fingerprint density at radius 2 is 2.25 bits per heavy atom. The fraction of sp³-hybridized carbons (Fsp3) is 0.462. The van der Waals surface area contributed by atoms with Gasteiger partial charge in [-0.25, -0.2) is 0 Å². The topological polar surface area (TPSA) is 49.3 Å². The van der Waals surface area contributed by atoms with Gasteiger partial charge in [-0.1, -0.05) is 12.1 Å². The first kappa shape index (κ1) is 11.1. The molecule has 1 fully saturated rings. The van der Waals surface area contributed by atoms with Crippen molar-refractivity contribution in [2.75, 3.05) is 13.1 Å². The second kappa shape index (κ2) is 5.12. The molecule has 3 nitrogen and oxygen atoms in total. The van der Waals surface area contributed by atoms with Gasteiger partial charge in [-0.2, -0.15) is 0 Å². The number of aromatic hydroxyl groups is 1. The average Bonchev–Trinajstić information content (AvgIpc) is 2.45. The van der Waals surface area contributed by atoms with E-state index >= 15 is 0 Å². The second-order valence-electron chi connectivity index (χ2n) is 4.33. The van der Waals surface area contributed by atoms with Gasteiger partial charge in [0.2, 0.25) is 0 Å². The fourth-order valence-electron chi connectivity index (χ4n) is 2.16. The van der Waals surface area contributed by atoms with E-state index in [2.05, 4.69) is 5.32 Å². The molecule has 1 unspecified atom stereocenters. The number of benzene rings is 1. The van der Waals surface area contributed by atoms with E-state index in [1.807, 2.05) is 12.1 Å². The van der Waals surface area contributed by atoms with Crippen LogP contribution in [0.5, 0.6) is 5.75 Å². The number of hydrogen-bond donors (Lipinski definition) is 2. The quantitative estimate of drug-likeness (QED) is 0.792. The van der Waals surface area contributed by atoms with Crippen molar-refractivity contribution in [3.05, 3.63) is 29.8 Å². The van der Waals surface area contributed by atoms with Crippen LogP contribution < -0.4 is 5.32 Å². The number of carbonyl (C=O) groups is 1. The summed E-state index contributed by atoms with van der Waals surface area (Å²) < 4.78 is 0. The monoisotopic (exact) mass is 219 g/mol. The minimum Gasteiger partial charge on any atom is -0.508 e. The van der Waals surface area contributed by atoms with Crippen LogP contribution in [0.2, 0.25) is 0 Å². The number of phenolic OH excluding ortho intramolecular Hbond substituents is 1. The second-order valence-corrected chi connectivity index (χ2v) is 4.33. The summed E-state index contributed by atoms with van der Waals surface area (Å²) >= 11 is 0. The Bertz CT molecular complexity index is 376. The highest BCUT2D eigenvalue weighted by atomic mass is 16.3. The number of hydrogen-bond acceptors (Lipinski definition) is 3. The molecule has 86 valence electrons. The number of phenols is 1. The summed E-state index contributed by atoms with van der Waals surface area (Å²) in [6.07, 6.45) is 2.27. The largest absolute Gasteiger partial charge is 0.508 e. The predicted octanol–water partition coefficient (Wildman–Crippen LogP) is 1.50. The van der Waals surface area contributed by atoms with Crippen molar-refractivity contribution >= 4 is 5.78 Å². The van der Waals surface area contributed by atoms with Gasteiger partial charge >= 0.3 is 0 Å². The lowest BCUT2D eigenvalue weighted by Gasteiger charge is -2.12. The third-order valence-electron chi connectivity index (χ3n) is 3.07. The van der Waals surface area contributed by atoms with Crippen molar-refractivity contribution in [2.45, 2.75) is 19.3 Å². The van der Waals surface area contributed by atoms with E-state index in [1.54, 1.807) is 12.1 Å². The molecule has 1 aromatic rings. The Kier molecular flexibility index (Phi) is 3.57. The van der Waals surface area contributed by atoms with E-state index in [9.17, 15) is 9.90 Å². The molecule has 0 bridgehead atoms. The van der Waals surface area contributed by atoms with Crippen molar-refractivity contribution in [3.63, 3.8) is 0 Å². The van der Waals surface area contributed by atoms with E-state index in [0.29, 0.717) is 12.2 Å². The molecule has 0 radical (unpaired) electrons. The van der Waals surface area contributed by atoms with Crippen molar-refractivity contribution in [1.29, 1.82) is 0 Å². The lowest BCUT2D eigenvalue weighted by Crippen LogP contribution is -2.16. The molecule has 0 aliphatic carbocycles. The molecule has 1 aliphatic rings. The number of ketones is 1. The lowest BCUT2D eigenvalue weighted by atomic mass is 9.91. The summed E-state index contributed by atoms with van der Waals surface area (Å²) in [7, 11) is 0. The van der Waals surface area contributed by atoms with Gasteiger partial charge in [-0.15, -0.1) is 0 Å². The first-order chi connectivity index (χ1) is 7.75. The molecular weight excluding hydrogens is 202 g/mol. The van der Waals surface area contributed by atoms with Crippen LogP contribution in [0.25, 0.3) is 0 Å². The third kappa shape index (κ3) is 2.83. The molecule has 1 aromatic carbocycles. The molecular formula is C13H17NO2. The van der Waals surface area contributed by atoms with Gasteiger partial charge in [0.1, 0.15) is 11.5 Å². The Morgan fingerprint density at radius 3 is 3.06 bits per heavy atom. The van der Waals surface area contributed by atoms with E-state index in [4.69, 9.17) is 0 Å².